The number of carbonyl (C=O) groups excluding carboxylic acids is 1. The van der Waals surface area contributed by atoms with Crippen molar-refractivity contribution in [3.63, 3.8) is 0 Å². The largest absolute Gasteiger partial charge is 0.335 e. The lowest BCUT2D eigenvalue weighted by atomic mass is 10.2. The van der Waals surface area contributed by atoms with Gasteiger partial charge in [-0.15, -0.1) is 0 Å². The summed E-state index contributed by atoms with van der Waals surface area (Å²) >= 11 is 5.62. The number of hydrogen-bond acceptors (Lipinski definition) is 1. The van der Waals surface area contributed by atoms with Gasteiger partial charge in [-0.25, -0.2) is 9.18 Å². The summed E-state index contributed by atoms with van der Waals surface area (Å²) in [7, 11) is 0. The van der Waals surface area contributed by atoms with Crippen LogP contribution in [0.2, 0.25) is 5.02 Å². The molecule has 2 rings (SSSR count). The predicted octanol–water partition coefficient (Wildman–Crippen LogP) is 2.44. The standard InChI is InChI=1S/C11H12ClFN2O/c12-9-5-7(1-4-10(9)13)6-14-11(16)15-8-2-3-8/h1,4-5,8H,2-3,6H2,(H2,14,15,16). The lowest BCUT2D eigenvalue weighted by Gasteiger charge is -2.07. The van der Waals surface area contributed by atoms with E-state index in [-0.39, 0.29) is 11.1 Å². The van der Waals surface area contributed by atoms with Crippen LogP contribution >= 0.6 is 11.6 Å². The molecule has 2 N–H and O–H groups in total. The predicted molar refractivity (Wildman–Crippen MR) is 59.8 cm³/mol. The summed E-state index contributed by atoms with van der Waals surface area (Å²) in [6, 6.07) is 4.53. The molecule has 0 aromatic heterocycles. The highest BCUT2D eigenvalue weighted by atomic mass is 35.5. The first-order valence-corrected chi connectivity index (χ1v) is 5.51. The number of carbonyl (C=O) groups is 1. The van der Waals surface area contributed by atoms with Crippen molar-refractivity contribution < 1.29 is 9.18 Å². The van der Waals surface area contributed by atoms with E-state index in [0.29, 0.717) is 12.6 Å². The van der Waals surface area contributed by atoms with E-state index < -0.39 is 5.82 Å². The highest BCUT2D eigenvalue weighted by Crippen LogP contribution is 2.18. The number of rotatable bonds is 3. The number of benzene rings is 1. The van der Waals surface area contributed by atoms with Gasteiger partial charge in [-0.3, -0.25) is 0 Å². The third-order valence-corrected chi connectivity index (χ3v) is 2.64. The van der Waals surface area contributed by atoms with Crippen molar-refractivity contribution in [2.75, 3.05) is 0 Å². The molecule has 1 aromatic carbocycles. The summed E-state index contributed by atoms with van der Waals surface area (Å²) in [5.74, 6) is -0.451. The fraction of sp³-hybridized carbons (Fsp3) is 0.364. The third-order valence-electron chi connectivity index (χ3n) is 2.35. The van der Waals surface area contributed by atoms with Gasteiger partial charge in [-0.1, -0.05) is 17.7 Å². The minimum atomic E-state index is -0.451. The molecule has 1 aromatic rings. The zero-order valence-corrected chi connectivity index (χ0v) is 9.35. The van der Waals surface area contributed by atoms with Gasteiger partial charge >= 0.3 is 6.03 Å². The summed E-state index contributed by atoms with van der Waals surface area (Å²) in [6.45, 7) is 0.346. The zero-order chi connectivity index (χ0) is 11.5. The molecule has 1 saturated carbocycles. The van der Waals surface area contributed by atoms with Gasteiger partial charge in [-0.05, 0) is 30.5 Å². The minimum absolute atomic E-state index is 0.0712. The summed E-state index contributed by atoms with van der Waals surface area (Å²) in [4.78, 5) is 11.3. The Hall–Kier alpha value is -1.29. The molecule has 2 amide bonds. The highest BCUT2D eigenvalue weighted by molar-refractivity contribution is 6.30. The third kappa shape index (κ3) is 3.10. The Morgan fingerprint density at radius 2 is 2.25 bits per heavy atom. The maximum atomic E-state index is 12.8. The van der Waals surface area contributed by atoms with Crippen molar-refractivity contribution in [3.8, 4) is 0 Å². The van der Waals surface area contributed by atoms with Gasteiger partial charge in [0.1, 0.15) is 5.82 Å². The van der Waals surface area contributed by atoms with Gasteiger partial charge in [0, 0.05) is 12.6 Å². The lowest BCUT2D eigenvalue weighted by molar-refractivity contribution is 0.240. The molecule has 0 bridgehead atoms. The fourth-order valence-corrected chi connectivity index (χ4v) is 1.50. The molecule has 1 aliphatic rings. The molecule has 3 nitrogen and oxygen atoms in total. The lowest BCUT2D eigenvalue weighted by Crippen LogP contribution is -2.36. The van der Waals surface area contributed by atoms with E-state index in [0.717, 1.165) is 18.4 Å². The quantitative estimate of drug-likeness (QED) is 0.840. The molecule has 0 atom stereocenters. The van der Waals surface area contributed by atoms with Gasteiger partial charge in [0.25, 0.3) is 0 Å². The van der Waals surface area contributed by atoms with Gasteiger partial charge in [-0.2, -0.15) is 0 Å². The van der Waals surface area contributed by atoms with Crippen LogP contribution in [0.25, 0.3) is 0 Å². The topological polar surface area (TPSA) is 41.1 Å². The van der Waals surface area contributed by atoms with Crippen LogP contribution < -0.4 is 10.6 Å². The number of hydrogen-bond donors (Lipinski definition) is 2. The van der Waals surface area contributed by atoms with E-state index in [1.807, 2.05) is 0 Å². The first-order valence-electron chi connectivity index (χ1n) is 5.13. The smallest absolute Gasteiger partial charge is 0.315 e. The van der Waals surface area contributed by atoms with E-state index in [2.05, 4.69) is 10.6 Å². The van der Waals surface area contributed by atoms with Crippen LogP contribution in [0.1, 0.15) is 18.4 Å². The number of amides is 2. The van der Waals surface area contributed by atoms with Crippen LogP contribution in [0.15, 0.2) is 18.2 Å². The normalized spacial score (nSPS) is 14.6. The second-order valence-corrected chi connectivity index (χ2v) is 4.26. The van der Waals surface area contributed by atoms with E-state index in [1.54, 1.807) is 6.07 Å². The Balaban J connectivity index is 1.83. The molecular formula is C11H12ClFN2O. The Morgan fingerprint density at radius 1 is 1.50 bits per heavy atom. The van der Waals surface area contributed by atoms with Crippen LogP contribution in [-0.2, 0) is 6.54 Å². The Morgan fingerprint density at radius 3 is 2.88 bits per heavy atom. The molecule has 0 aliphatic heterocycles. The van der Waals surface area contributed by atoms with Gasteiger partial charge < -0.3 is 10.6 Å². The van der Waals surface area contributed by atoms with E-state index in [1.165, 1.54) is 12.1 Å². The molecule has 0 unspecified atom stereocenters. The van der Waals surface area contributed by atoms with Gasteiger partial charge in [0.15, 0.2) is 0 Å². The van der Waals surface area contributed by atoms with Crippen molar-refractivity contribution in [2.45, 2.75) is 25.4 Å². The molecule has 5 heteroatoms. The Labute approximate surface area is 98.0 Å². The van der Waals surface area contributed by atoms with Crippen molar-refractivity contribution >= 4 is 17.6 Å². The van der Waals surface area contributed by atoms with Crippen LogP contribution in [0, 0.1) is 5.82 Å². The highest BCUT2D eigenvalue weighted by Gasteiger charge is 2.22. The Kier molecular flexibility index (Phi) is 3.29. The summed E-state index contributed by atoms with van der Waals surface area (Å²) < 4.78 is 12.8. The monoisotopic (exact) mass is 242 g/mol. The van der Waals surface area contributed by atoms with Gasteiger partial charge in [0.2, 0.25) is 0 Å². The molecule has 0 spiro atoms. The first kappa shape index (κ1) is 11.2. The maximum absolute atomic E-state index is 12.8. The van der Waals surface area contributed by atoms with Crippen molar-refractivity contribution in [1.29, 1.82) is 0 Å². The molecule has 0 radical (unpaired) electrons. The molecular weight excluding hydrogens is 231 g/mol. The molecule has 86 valence electrons. The van der Waals surface area contributed by atoms with E-state index in [9.17, 15) is 9.18 Å². The fourth-order valence-electron chi connectivity index (χ4n) is 1.30. The van der Waals surface area contributed by atoms with Crippen LogP contribution in [-0.4, -0.2) is 12.1 Å². The van der Waals surface area contributed by atoms with Crippen LogP contribution in [0.5, 0.6) is 0 Å². The minimum Gasteiger partial charge on any atom is -0.335 e. The van der Waals surface area contributed by atoms with Gasteiger partial charge in [0.05, 0.1) is 5.02 Å². The summed E-state index contributed by atoms with van der Waals surface area (Å²) in [6.07, 6.45) is 2.10. The summed E-state index contributed by atoms with van der Waals surface area (Å²) in [5, 5.41) is 5.55. The molecule has 0 heterocycles. The average molecular weight is 243 g/mol. The number of urea groups is 1. The van der Waals surface area contributed by atoms with Crippen LogP contribution in [0.4, 0.5) is 9.18 Å². The second-order valence-electron chi connectivity index (χ2n) is 3.85. The van der Waals surface area contributed by atoms with Crippen molar-refractivity contribution in [3.05, 3.63) is 34.6 Å². The first-order chi connectivity index (χ1) is 7.65. The number of halogens is 2. The SMILES string of the molecule is O=C(NCc1ccc(F)c(Cl)c1)NC1CC1. The Bertz CT molecular complexity index is 407. The van der Waals surface area contributed by atoms with Crippen molar-refractivity contribution in [1.82, 2.24) is 10.6 Å². The van der Waals surface area contributed by atoms with E-state index in [4.69, 9.17) is 11.6 Å². The molecule has 1 aliphatic carbocycles. The summed E-state index contributed by atoms with van der Waals surface area (Å²) in [5.41, 5.74) is 0.775. The van der Waals surface area contributed by atoms with E-state index >= 15 is 0 Å². The molecule has 0 saturated heterocycles. The molecule has 1 fully saturated rings. The maximum Gasteiger partial charge on any atom is 0.315 e. The average Bonchev–Trinajstić information content (AvgIpc) is 3.04. The van der Waals surface area contributed by atoms with Crippen molar-refractivity contribution in [2.24, 2.45) is 0 Å². The van der Waals surface area contributed by atoms with Crippen LogP contribution in [0.3, 0.4) is 0 Å². The second kappa shape index (κ2) is 4.70. The molecule has 16 heavy (non-hydrogen) atoms. The number of nitrogens with one attached hydrogen (secondary N) is 2. The zero-order valence-electron chi connectivity index (χ0n) is 8.59.